The van der Waals surface area contributed by atoms with Gasteiger partial charge in [0.2, 0.25) is 0 Å². The third kappa shape index (κ3) is 3.27. The number of rotatable bonds is 4. The monoisotopic (exact) mass is 452 g/mol. The molecular formula is C24H22Cl2N4O. The molecule has 2 aromatic carbocycles. The third-order valence-corrected chi connectivity index (χ3v) is 7.38. The van der Waals surface area contributed by atoms with Crippen molar-refractivity contribution in [3.63, 3.8) is 0 Å². The van der Waals surface area contributed by atoms with Gasteiger partial charge in [-0.05, 0) is 67.9 Å². The van der Waals surface area contributed by atoms with E-state index in [0.717, 1.165) is 30.1 Å². The van der Waals surface area contributed by atoms with Crippen molar-refractivity contribution in [1.82, 2.24) is 19.6 Å². The van der Waals surface area contributed by atoms with E-state index in [1.807, 2.05) is 30.3 Å². The minimum Gasteiger partial charge on any atom is -0.344 e. The van der Waals surface area contributed by atoms with Crippen molar-refractivity contribution in [2.45, 2.75) is 44.3 Å². The number of hydrogen-bond acceptors (Lipinski definition) is 4. The number of fused-ring (bicyclic) bond motifs is 3. The lowest BCUT2D eigenvalue weighted by molar-refractivity contribution is 0.192. The van der Waals surface area contributed by atoms with Gasteiger partial charge in [0.15, 0.2) is 5.82 Å². The molecule has 3 heterocycles. The van der Waals surface area contributed by atoms with Crippen LogP contribution in [0, 0.1) is 0 Å². The highest BCUT2D eigenvalue weighted by Crippen LogP contribution is 2.49. The zero-order valence-corrected chi connectivity index (χ0v) is 18.7. The normalized spacial score (nSPS) is 17.4. The molecule has 1 spiro atoms. The van der Waals surface area contributed by atoms with E-state index in [-0.39, 0.29) is 0 Å². The van der Waals surface area contributed by atoms with Crippen molar-refractivity contribution < 1.29 is 4.52 Å². The SMILES string of the molecule is CN1Cc2c(n(CCc3noc(-c4ccc(Cl)cc4)n3)c3ccc(Cl)cc23)CC12CC2. The number of aryl methyl sites for hydroxylation is 2. The number of hydrogen-bond donors (Lipinski definition) is 0. The predicted molar refractivity (Wildman–Crippen MR) is 123 cm³/mol. The molecule has 1 fully saturated rings. The molecule has 5 nitrogen and oxygen atoms in total. The van der Waals surface area contributed by atoms with E-state index in [2.05, 4.69) is 38.8 Å². The fraction of sp³-hybridized carbons (Fsp3) is 0.333. The molecule has 158 valence electrons. The second-order valence-electron chi connectivity index (χ2n) is 8.77. The van der Waals surface area contributed by atoms with E-state index in [9.17, 15) is 0 Å². The first-order valence-electron chi connectivity index (χ1n) is 10.6. The Kier molecular flexibility index (Phi) is 4.43. The highest BCUT2D eigenvalue weighted by Gasteiger charge is 2.50. The molecule has 0 bridgehead atoms. The summed E-state index contributed by atoms with van der Waals surface area (Å²) in [5, 5.41) is 6.95. The van der Waals surface area contributed by atoms with Crippen LogP contribution in [-0.2, 0) is 25.9 Å². The van der Waals surface area contributed by atoms with Crippen LogP contribution in [0.15, 0.2) is 47.0 Å². The molecule has 0 atom stereocenters. The van der Waals surface area contributed by atoms with Crippen LogP contribution in [0.4, 0.5) is 0 Å². The van der Waals surface area contributed by atoms with Crippen molar-refractivity contribution >= 4 is 34.1 Å². The maximum atomic E-state index is 6.36. The number of benzene rings is 2. The van der Waals surface area contributed by atoms with Crippen molar-refractivity contribution in [2.24, 2.45) is 0 Å². The zero-order chi connectivity index (χ0) is 21.2. The van der Waals surface area contributed by atoms with Crippen LogP contribution in [0.5, 0.6) is 0 Å². The first kappa shape index (κ1) is 19.4. The molecule has 2 aliphatic rings. The van der Waals surface area contributed by atoms with Crippen LogP contribution in [-0.4, -0.2) is 32.2 Å². The molecular weight excluding hydrogens is 431 g/mol. The van der Waals surface area contributed by atoms with Gasteiger partial charge in [-0.1, -0.05) is 28.4 Å². The second-order valence-corrected chi connectivity index (χ2v) is 9.64. The average Bonchev–Trinajstić information content (AvgIpc) is 3.28. The van der Waals surface area contributed by atoms with Gasteiger partial charge in [-0.3, -0.25) is 4.90 Å². The van der Waals surface area contributed by atoms with Crippen molar-refractivity contribution in [1.29, 1.82) is 0 Å². The van der Waals surface area contributed by atoms with Gasteiger partial charge in [-0.2, -0.15) is 4.98 Å². The Morgan fingerprint density at radius 2 is 1.84 bits per heavy atom. The van der Waals surface area contributed by atoms with Crippen molar-refractivity contribution in [3.8, 4) is 11.5 Å². The van der Waals surface area contributed by atoms with Gasteiger partial charge in [-0.25, -0.2) is 0 Å². The molecule has 0 amide bonds. The molecule has 0 radical (unpaired) electrons. The Hall–Kier alpha value is -2.34. The number of nitrogens with zero attached hydrogens (tertiary/aromatic N) is 4. The summed E-state index contributed by atoms with van der Waals surface area (Å²) in [6.45, 7) is 1.79. The highest BCUT2D eigenvalue weighted by molar-refractivity contribution is 6.31. The van der Waals surface area contributed by atoms with Gasteiger partial charge in [0.05, 0.1) is 0 Å². The van der Waals surface area contributed by atoms with E-state index < -0.39 is 0 Å². The molecule has 0 saturated heterocycles. The molecule has 0 N–H and O–H groups in total. The molecule has 31 heavy (non-hydrogen) atoms. The number of halogens is 2. The lowest BCUT2D eigenvalue weighted by atomic mass is 9.97. The topological polar surface area (TPSA) is 47.1 Å². The Bertz CT molecular complexity index is 1290. The molecule has 2 aromatic heterocycles. The van der Waals surface area contributed by atoms with Crippen molar-refractivity contribution in [2.75, 3.05) is 7.05 Å². The van der Waals surface area contributed by atoms with E-state index in [1.54, 1.807) is 0 Å². The Morgan fingerprint density at radius 3 is 2.61 bits per heavy atom. The maximum absolute atomic E-state index is 6.36. The summed E-state index contributed by atoms with van der Waals surface area (Å²) >= 11 is 12.3. The molecule has 1 saturated carbocycles. The van der Waals surface area contributed by atoms with E-state index in [1.165, 1.54) is 35.0 Å². The van der Waals surface area contributed by atoms with Crippen LogP contribution in [0.2, 0.25) is 10.0 Å². The van der Waals surface area contributed by atoms with Crippen LogP contribution < -0.4 is 0 Å². The van der Waals surface area contributed by atoms with Crippen LogP contribution in [0.3, 0.4) is 0 Å². The fourth-order valence-electron chi connectivity index (χ4n) is 4.91. The standard InChI is InChI=1S/C24H22Cl2N4O/c1-29-14-19-18-12-17(26)6-7-20(18)30(21(19)13-24(29)9-10-24)11-8-22-27-23(31-28-22)15-2-4-16(25)5-3-15/h2-7,12H,8-11,13-14H2,1H3. The summed E-state index contributed by atoms with van der Waals surface area (Å²) in [6.07, 6.45) is 4.35. The van der Waals surface area contributed by atoms with Crippen LogP contribution >= 0.6 is 23.2 Å². The van der Waals surface area contributed by atoms with E-state index >= 15 is 0 Å². The largest absolute Gasteiger partial charge is 0.344 e. The molecule has 6 rings (SSSR count). The Morgan fingerprint density at radius 1 is 1.06 bits per heavy atom. The lowest BCUT2D eigenvalue weighted by Gasteiger charge is -2.34. The summed E-state index contributed by atoms with van der Waals surface area (Å²) in [5.41, 5.74) is 5.31. The maximum Gasteiger partial charge on any atom is 0.257 e. The summed E-state index contributed by atoms with van der Waals surface area (Å²) in [6, 6.07) is 13.7. The minimum atomic E-state index is 0.344. The summed E-state index contributed by atoms with van der Waals surface area (Å²) in [5.74, 6) is 1.24. The molecule has 1 aliphatic heterocycles. The van der Waals surface area contributed by atoms with Gasteiger partial charge in [0.1, 0.15) is 0 Å². The number of likely N-dealkylation sites (N-methyl/N-ethyl adjacent to an activating group) is 1. The van der Waals surface area contributed by atoms with Gasteiger partial charge < -0.3 is 9.09 Å². The fourth-order valence-corrected chi connectivity index (χ4v) is 5.21. The van der Waals surface area contributed by atoms with Crippen LogP contribution in [0.25, 0.3) is 22.4 Å². The lowest BCUT2D eigenvalue weighted by Crippen LogP contribution is -2.40. The third-order valence-electron chi connectivity index (χ3n) is 6.90. The molecule has 7 heteroatoms. The Balaban J connectivity index is 1.32. The summed E-state index contributed by atoms with van der Waals surface area (Å²) in [4.78, 5) is 7.13. The summed E-state index contributed by atoms with van der Waals surface area (Å²) < 4.78 is 7.95. The van der Waals surface area contributed by atoms with Gasteiger partial charge in [-0.15, -0.1) is 0 Å². The van der Waals surface area contributed by atoms with Gasteiger partial charge in [0.25, 0.3) is 5.89 Å². The molecule has 1 aliphatic carbocycles. The Labute approximate surface area is 190 Å². The average molecular weight is 453 g/mol. The van der Waals surface area contributed by atoms with Gasteiger partial charge in [0, 0.05) is 63.7 Å². The van der Waals surface area contributed by atoms with E-state index in [4.69, 9.17) is 27.7 Å². The quantitative estimate of drug-likeness (QED) is 0.394. The first-order valence-corrected chi connectivity index (χ1v) is 11.4. The molecule has 4 aromatic rings. The van der Waals surface area contributed by atoms with Crippen molar-refractivity contribution in [3.05, 3.63) is 69.6 Å². The summed E-state index contributed by atoms with van der Waals surface area (Å²) in [7, 11) is 2.25. The number of aromatic nitrogens is 3. The van der Waals surface area contributed by atoms with Gasteiger partial charge >= 0.3 is 0 Å². The minimum absolute atomic E-state index is 0.344. The zero-order valence-electron chi connectivity index (χ0n) is 17.2. The smallest absolute Gasteiger partial charge is 0.257 e. The molecule has 0 unspecified atom stereocenters. The predicted octanol–water partition coefficient (Wildman–Crippen LogP) is 5.76. The second kappa shape index (κ2) is 7.09. The van der Waals surface area contributed by atoms with Crippen LogP contribution in [0.1, 0.15) is 29.9 Å². The highest BCUT2D eigenvalue weighted by atomic mass is 35.5. The first-order chi connectivity index (χ1) is 15.0. The van der Waals surface area contributed by atoms with E-state index in [0.29, 0.717) is 28.7 Å².